The van der Waals surface area contributed by atoms with Gasteiger partial charge in [-0.1, -0.05) is 66.8 Å². The van der Waals surface area contributed by atoms with Crippen molar-refractivity contribution in [2.24, 2.45) is 7.05 Å². The Kier molecular flexibility index (Phi) is 6.32. The molecule has 0 fully saturated rings. The molecule has 2 aromatic heterocycles. The third-order valence-electron chi connectivity index (χ3n) is 5.23. The molecule has 0 aliphatic heterocycles. The van der Waals surface area contributed by atoms with E-state index in [1.165, 1.54) is 23.0 Å². The standard InChI is InChI=1S/C24H22N4O4S/c1-4-18(21(29)25-24-27-26-14(2)33-24)32-23(31)20-19(15-10-6-5-7-11-15)16-12-8-9-13-17(16)22(30)28(20)3/h5-13,18H,4H2,1-3H3,(H,25,27,29). The van der Waals surface area contributed by atoms with Gasteiger partial charge in [-0.25, -0.2) is 4.79 Å². The van der Waals surface area contributed by atoms with E-state index in [1.54, 1.807) is 32.0 Å². The maximum Gasteiger partial charge on any atom is 0.356 e. The molecule has 4 rings (SSSR count). The number of ether oxygens (including phenoxy) is 1. The minimum atomic E-state index is -1.06. The lowest BCUT2D eigenvalue weighted by molar-refractivity contribution is -0.124. The Bertz CT molecular complexity index is 1390. The molecule has 1 amide bonds. The monoisotopic (exact) mass is 462 g/mol. The van der Waals surface area contributed by atoms with Crippen LogP contribution in [0, 0.1) is 6.92 Å². The average Bonchev–Trinajstić information content (AvgIpc) is 3.24. The van der Waals surface area contributed by atoms with E-state index in [1.807, 2.05) is 36.4 Å². The highest BCUT2D eigenvalue weighted by Crippen LogP contribution is 2.31. The highest BCUT2D eigenvalue weighted by atomic mass is 32.1. The van der Waals surface area contributed by atoms with Gasteiger partial charge in [-0.05, 0) is 30.4 Å². The van der Waals surface area contributed by atoms with Crippen LogP contribution in [0.1, 0.15) is 28.8 Å². The van der Waals surface area contributed by atoms with Gasteiger partial charge < -0.3 is 9.30 Å². The van der Waals surface area contributed by atoms with Gasteiger partial charge in [-0.3, -0.25) is 14.9 Å². The van der Waals surface area contributed by atoms with Crippen LogP contribution in [0.3, 0.4) is 0 Å². The summed E-state index contributed by atoms with van der Waals surface area (Å²) in [6.45, 7) is 3.51. The Hall–Kier alpha value is -3.85. The van der Waals surface area contributed by atoms with E-state index in [2.05, 4.69) is 15.5 Å². The predicted octanol–water partition coefficient (Wildman–Crippen LogP) is 3.94. The van der Waals surface area contributed by atoms with Crippen molar-refractivity contribution < 1.29 is 14.3 Å². The first-order chi connectivity index (χ1) is 15.9. The molecule has 0 saturated carbocycles. The Balaban J connectivity index is 1.76. The van der Waals surface area contributed by atoms with Crippen LogP contribution in [-0.2, 0) is 16.6 Å². The maximum absolute atomic E-state index is 13.4. The van der Waals surface area contributed by atoms with Gasteiger partial charge in [0.2, 0.25) is 5.13 Å². The van der Waals surface area contributed by atoms with E-state index in [4.69, 9.17) is 4.74 Å². The number of pyridine rings is 1. The highest BCUT2D eigenvalue weighted by Gasteiger charge is 2.28. The lowest BCUT2D eigenvalue weighted by Crippen LogP contribution is -2.34. The van der Waals surface area contributed by atoms with E-state index in [0.717, 1.165) is 5.56 Å². The van der Waals surface area contributed by atoms with Crippen LogP contribution in [0.2, 0.25) is 0 Å². The molecule has 4 aromatic rings. The molecule has 0 bridgehead atoms. The van der Waals surface area contributed by atoms with Crippen molar-refractivity contribution in [1.82, 2.24) is 14.8 Å². The van der Waals surface area contributed by atoms with Gasteiger partial charge in [0.25, 0.3) is 11.5 Å². The number of rotatable bonds is 6. The third kappa shape index (κ3) is 4.40. The summed E-state index contributed by atoms with van der Waals surface area (Å²) >= 11 is 1.22. The second-order valence-electron chi connectivity index (χ2n) is 7.42. The van der Waals surface area contributed by atoms with Crippen molar-refractivity contribution in [3.8, 4) is 11.1 Å². The van der Waals surface area contributed by atoms with E-state index < -0.39 is 18.0 Å². The van der Waals surface area contributed by atoms with Crippen LogP contribution in [-0.4, -0.2) is 32.7 Å². The Morgan fingerprint density at radius 1 is 1.06 bits per heavy atom. The molecule has 0 saturated heterocycles. The molecule has 9 heteroatoms. The van der Waals surface area contributed by atoms with Crippen LogP contribution in [0.4, 0.5) is 5.13 Å². The molecule has 0 spiro atoms. The molecular weight excluding hydrogens is 440 g/mol. The minimum absolute atomic E-state index is 0.0860. The SMILES string of the molecule is CCC(OC(=O)c1c(-c2ccccc2)c2ccccc2c(=O)n1C)C(=O)Nc1nnc(C)s1. The van der Waals surface area contributed by atoms with Crippen LogP contribution in [0.15, 0.2) is 59.4 Å². The number of aromatic nitrogens is 3. The molecule has 2 aromatic carbocycles. The van der Waals surface area contributed by atoms with E-state index in [-0.39, 0.29) is 17.7 Å². The van der Waals surface area contributed by atoms with Crippen LogP contribution < -0.4 is 10.9 Å². The summed E-state index contributed by atoms with van der Waals surface area (Å²) in [7, 11) is 1.53. The van der Waals surface area contributed by atoms with Crippen LogP contribution in [0.5, 0.6) is 0 Å². The highest BCUT2D eigenvalue weighted by molar-refractivity contribution is 7.15. The number of hydrogen-bond acceptors (Lipinski definition) is 7. The summed E-state index contributed by atoms with van der Waals surface area (Å²) in [6.07, 6.45) is -0.815. The number of amides is 1. The number of anilines is 1. The molecule has 1 unspecified atom stereocenters. The summed E-state index contributed by atoms with van der Waals surface area (Å²) in [6, 6.07) is 16.4. The van der Waals surface area contributed by atoms with Crippen molar-refractivity contribution in [2.45, 2.75) is 26.4 Å². The number of nitrogens with zero attached hydrogens (tertiary/aromatic N) is 3. The number of hydrogen-bond donors (Lipinski definition) is 1. The largest absolute Gasteiger partial charge is 0.448 e. The zero-order chi connectivity index (χ0) is 23.5. The van der Waals surface area contributed by atoms with E-state index in [9.17, 15) is 14.4 Å². The maximum atomic E-state index is 13.4. The molecule has 1 N–H and O–H groups in total. The summed E-state index contributed by atoms with van der Waals surface area (Å²) in [5.41, 5.74) is 1.10. The van der Waals surface area contributed by atoms with Gasteiger partial charge in [0.05, 0.1) is 0 Å². The molecule has 8 nitrogen and oxygen atoms in total. The topological polar surface area (TPSA) is 103 Å². The second-order valence-corrected chi connectivity index (χ2v) is 8.60. The zero-order valence-electron chi connectivity index (χ0n) is 18.4. The number of fused-ring (bicyclic) bond motifs is 1. The molecule has 0 radical (unpaired) electrons. The summed E-state index contributed by atoms with van der Waals surface area (Å²) in [4.78, 5) is 39.2. The molecular formula is C24H22N4O4S. The number of benzene rings is 2. The number of nitrogens with one attached hydrogen (secondary N) is 1. The van der Waals surface area contributed by atoms with Gasteiger partial charge >= 0.3 is 5.97 Å². The first-order valence-electron chi connectivity index (χ1n) is 10.4. The number of carbonyl (C=O) groups excluding carboxylic acids is 2. The van der Waals surface area contributed by atoms with Crippen molar-refractivity contribution in [1.29, 1.82) is 0 Å². The van der Waals surface area contributed by atoms with Gasteiger partial charge in [-0.2, -0.15) is 0 Å². The number of aryl methyl sites for hydroxylation is 1. The third-order valence-corrected chi connectivity index (χ3v) is 5.98. The second kappa shape index (κ2) is 9.33. The Labute approximate surface area is 193 Å². The predicted molar refractivity (Wildman–Crippen MR) is 127 cm³/mol. The summed E-state index contributed by atoms with van der Waals surface area (Å²) in [5.74, 6) is -1.26. The Morgan fingerprint density at radius 3 is 2.36 bits per heavy atom. The molecule has 168 valence electrons. The van der Waals surface area contributed by atoms with E-state index in [0.29, 0.717) is 26.5 Å². The van der Waals surface area contributed by atoms with Crippen molar-refractivity contribution in [3.05, 3.63) is 75.7 Å². The quantitative estimate of drug-likeness (QED) is 0.436. The first kappa shape index (κ1) is 22.3. The lowest BCUT2D eigenvalue weighted by atomic mass is 9.97. The van der Waals surface area contributed by atoms with Crippen molar-refractivity contribution >= 4 is 39.1 Å². The fourth-order valence-electron chi connectivity index (χ4n) is 3.64. The van der Waals surface area contributed by atoms with Crippen LogP contribution >= 0.6 is 11.3 Å². The molecule has 33 heavy (non-hydrogen) atoms. The van der Waals surface area contributed by atoms with Crippen molar-refractivity contribution in [3.63, 3.8) is 0 Å². The summed E-state index contributed by atoms with van der Waals surface area (Å²) < 4.78 is 6.90. The first-order valence-corrected chi connectivity index (χ1v) is 11.2. The fourth-order valence-corrected chi connectivity index (χ4v) is 4.24. The van der Waals surface area contributed by atoms with Crippen LogP contribution in [0.25, 0.3) is 21.9 Å². The van der Waals surface area contributed by atoms with Crippen molar-refractivity contribution in [2.75, 3.05) is 5.32 Å². The average molecular weight is 463 g/mol. The van der Waals surface area contributed by atoms with E-state index >= 15 is 0 Å². The Morgan fingerprint density at radius 2 is 1.73 bits per heavy atom. The molecule has 2 heterocycles. The fraction of sp³-hybridized carbons (Fsp3) is 0.208. The smallest absolute Gasteiger partial charge is 0.356 e. The van der Waals surface area contributed by atoms with Gasteiger partial charge in [0.15, 0.2) is 6.10 Å². The van der Waals surface area contributed by atoms with Gasteiger partial charge in [0, 0.05) is 18.0 Å². The zero-order valence-corrected chi connectivity index (χ0v) is 19.2. The molecule has 0 aliphatic rings. The number of carbonyl (C=O) groups is 2. The van der Waals surface area contributed by atoms with Gasteiger partial charge in [-0.15, -0.1) is 10.2 Å². The molecule has 0 aliphatic carbocycles. The lowest BCUT2D eigenvalue weighted by Gasteiger charge is -2.19. The minimum Gasteiger partial charge on any atom is -0.448 e. The molecule has 1 atom stereocenters. The summed E-state index contributed by atoms with van der Waals surface area (Å²) in [5, 5.41) is 12.5. The van der Waals surface area contributed by atoms with Gasteiger partial charge in [0.1, 0.15) is 10.7 Å². The normalized spacial score (nSPS) is 11.8. The number of esters is 1.